The molecule has 12 nitrogen and oxygen atoms in total. The highest BCUT2D eigenvalue weighted by Gasteiger charge is 2.51. The molecule has 0 aliphatic carbocycles. The summed E-state index contributed by atoms with van der Waals surface area (Å²) < 4.78 is 29.1. The van der Waals surface area contributed by atoms with Crippen LogP contribution in [-0.2, 0) is 23.7 Å². The Labute approximate surface area is 192 Å². The van der Waals surface area contributed by atoms with E-state index >= 15 is 0 Å². The summed E-state index contributed by atoms with van der Waals surface area (Å²) in [5.41, 5.74) is 0. The quantitative estimate of drug-likeness (QED) is 0.205. The average molecular weight is 483 g/mol. The van der Waals surface area contributed by atoms with Crippen LogP contribution in [0.2, 0.25) is 0 Å². The molecule has 15 atom stereocenters. The first-order chi connectivity index (χ1) is 15.5. The van der Waals surface area contributed by atoms with Crippen molar-refractivity contribution in [3.63, 3.8) is 0 Å². The summed E-state index contributed by atoms with van der Waals surface area (Å²) in [7, 11) is 0. The minimum Gasteiger partial charge on any atom is -0.394 e. The molecule has 0 aromatic rings. The highest BCUT2D eigenvalue weighted by atomic mass is 16.7. The van der Waals surface area contributed by atoms with Crippen LogP contribution in [0.15, 0.2) is 0 Å². The molecule has 3 aliphatic rings. The molecular weight excluding hydrogens is 444 g/mol. The van der Waals surface area contributed by atoms with Gasteiger partial charge in [-0.05, 0) is 13.8 Å². The van der Waals surface area contributed by atoms with Crippen molar-refractivity contribution >= 4 is 0 Å². The van der Waals surface area contributed by atoms with Crippen LogP contribution in [-0.4, -0.2) is 129 Å². The molecule has 7 N–H and O–H groups in total. The highest BCUT2D eigenvalue weighted by molar-refractivity contribution is 4.95. The third-order valence-corrected chi connectivity index (χ3v) is 7.14. The number of ether oxygens (including phenoxy) is 5. The minimum atomic E-state index is -1.54. The molecule has 33 heavy (non-hydrogen) atoms. The van der Waals surface area contributed by atoms with Crippen molar-refractivity contribution in [2.75, 3.05) is 13.2 Å². The van der Waals surface area contributed by atoms with Crippen LogP contribution in [0.1, 0.15) is 27.7 Å². The van der Waals surface area contributed by atoms with E-state index in [2.05, 4.69) is 0 Å². The Kier molecular flexibility index (Phi) is 9.09. The predicted octanol–water partition coefficient (Wildman–Crippen LogP) is -2.92. The Morgan fingerprint density at radius 3 is 1.73 bits per heavy atom. The molecule has 6 unspecified atom stereocenters. The lowest BCUT2D eigenvalue weighted by atomic mass is 9.87. The SMILES string of the molecule is CC1O[C@@H](O[C@@H]2C(C)[C@H](C)OC(CO)[C@H]2O[C@@H]2OC(CO)[C@H](O)C(C)[C@@H]2O)[C@@H](O)C(O)[C@@H]1O. The second-order valence-corrected chi connectivity index (χ2v) is 9.37. The van der Waals surface area contributed by atoms with Crippen molar-refractivity contribution < 1.29 is 59.4 Å². The molecule has 3 fully saturated rings. The first-order valence-corrected chi connectivity index (χ1v) is 11.4. The van der Waals surface area contributed by atoms with E-state index < -0.39 is 92.8 Å². The van der Waals surface area contributed by atoms with E-state index in [1.165, 1.54) is 6.92 Å². The smallest absolute Gasteiger partial charge is 0.186 e. The summed E-state index contributed by atoms with van der Waals surface area (Å²) in [6.07, 6.45) is -14.2. The highest BCUT2D eigenvalue weighted by Crippen LogP contribution is 2.36. The number of hydrogen-bond donors (Lipinski definition) is 7. The van der Waals surface area contributed by atoms with E-state index in [9.17, 15) is 35.7 Å². The first kappa shape index (κ1) is 27.1. The van der Waals surface area contributed by atoms with Crippen LogP contribution in [0.3, 0.4) is 0 Å². The van der Waals surface area contributed by atoms with Crippen LogP contribution >= 0.6 is 0 Å². The number of aliphatic hydroxyl groups is 7. The predicted molar refractivity (Wildman–Crippen MR) is 110 cm³/mol. The molecule has 0 amide bonds. The van der Waals surface area contributed by atoms with E-state index in [4.69, 9.17) is 23.7 Å². The van der Waals surface area contributed by atoms with Gasteiger partial charge in [-0.1, -0.05) is 13.8 Å². The van der Waals surface area contributed by atoms with Crippen LogP contribution in [0, 0.1) is 11.8 Å². The van der Waals surface area contributed by atoms with Crippen molar-refractivity contribution in [1.82, 2.24) is 0 Å². The molecule has 194 valence electrons. The van der Waals surface area contributed by atoms with Gasteiger partial charge in [0.25, 0.3) is 0 Å². The van der Waals surface area contributed by atoms with Crippen LogP contribution in [0.25, 0.3) is 0 Å². The Morgan fingerprint density at radius 1 is 0.545 bits per heavy atom. The van der Waals surface area contributed by atoms with Crippen LogP contribution in [0.4, 0.5) is 0 Å². The van der Waals surface area contributed by atoms with Gasteiger partial charge in [0.05, 0.1) is 37.6 Å². The molecule has 0 spiro atoms. The van der Waals surface area contributed by atoms with Crippen molar-refractivity contribution in [2.24, 2.45) is 11.8 Å². The molecule has 3 rings (SSSR count). The normalized spacial score (nSPS) is 53.7. The molecule has 3 aliphatic heterocycles. The van der Waals surface area contributed by atoms with Crippen LogP contribution in [0.5, 0.6) is 0 Å². The summed E-state index contributed by atoms with van der Waals surface area (Å²) in [5, 5.41) is 70.8. The van der Waals surface area contributed by atoms with Gasteiger partial charge in [-0.2, -0.15) is 0 Å². The molecule has 0 bridgehead atoms. The largest absolute Gasteiger partial charge is 0.394 e. The van der Waals surface area contributed by atoms with Crippen LogP contribution < -0.4 is 0 Å². The topological polar surface area (TPSA) is 188 Å². The lowest BCUT2D eigenvalue weighted by Crippen LogP contribution is -2.64. The first-order valence-electron chi connectivity index (χ1n) is 11.4. The standard InChI is InChI=1S/C21H38O12/c1-7-9(3)29-12(6-23)19(33-20-14(25)8(2)13(24)11(5-22)31-20)18(7)32-21-17(28)16(27)15(26)10(4)30-21/h7-28H,5-6H2,1-4H3/t7?,8?,9-,10?,11?,12?,13+,14-,15+,16?,17-,18+,19+,20-,21-/m0/s1. The number of hydrogen-bond acceptors (Lipinski definition) is 12. The summed E-state index contributed by atoms with van der Waals surface area (Å²) in [6.45, 7) is 5.78. The van der Waals surface area contributed by atoms with E-state index in [1.54, 1.807) is 13.8 Å². The van der Waals surface area contributed by atoms with Gasteiger partial charge >= 0.3 is 0 Å². The zero-order chi connectivity index (χ0) is 24.6. The average Bonchev–Trinajstić information content (AvgIpc) is 2.80. The monoisotopic (exact) mass is 482 g/mol. The van der Waals surface area contributed by atoms with Crippen molar-refractivity contribution in [2.45, 2.75) is 107 Å². The third kappa shape index (κ3) is 5.37. The number of rotatable bonds is 6. The Morgan fingerprint density at radius 2 is 1.12 bits per heavy atom. The second kappa shape index (κ2) is 11.1. The Balaban J connectivity index is 1.83. The van der Waals surface area contributed by atoms with Gasteiger partial charge in [-0.25, -0.2) is 0 Å². The van der Waals surface area contributed by atoms with E-state index in [0.29, 0.717) is 0 Å². The molecule has 0 aromatic heterocycles. The van der Waals surface area contributed by atoms with Crippen molar-refractivity contribution in [1.29, 1.82) is 0 Å². The fraction of sp³-hybridized carbons (Fsp3) is 1.00. The molecule has 0 radical (unpaired) electrons. The lowest BCUT2D eigenvalue weighted by Gasteiger charge is -2.49. The lowest BCUT2D eigenvalue weighted by molar-refractivity contribution is -0.361. The number of aliphatic hydroxyl groups excluding tert-OH is 7. The van der Waals surface area contributed by atoms with Gasteiger partial charge in [-0.15, -0.1) is 0 Å². The van der Waals surface area contributed by atoms with E-state index in [-0.39, 0.29) is 12.0 Å². The fourth-order valence-corrected chi connectivity index (χ4v) is 4.59. The van der Waals surface area contributed by atoms with Gasteiger partial charge in [0.1, 0.15) is 42.7 Å². The zero-order valence-corrected chi connectivity index (χ0v) is 19.2. The second-order valence-electron chi connectivity index (χ2n) is 9.37. The van der Waals surface area contributed by atoms with Crippen molar-refractivity contribution in [3.05, 3.63) is 0 Å². The molecule has 3 saturated heterocycles. The van der Waals surface area contributed by atoms with Gasteiger partial charge in [0, 0.05) is 11.8 Å². The summed E-state index contributed by atoms with van der Waals surface area (Å²) in [6, 6.07) is 0. The van der Waals surface area contributed by atoms with Gasteiger partial charge < -0.3 is 59.4 Å². The summed E-state index contributed by atoms with van der Waals surface area (Å²) in [4.78, 5) is 0. The molecule has 0 aromatic carbocycles. The maximum absolute atomic E-state index is 10.6. The van der Waals surface area contributed by atoms with Gasteiger partial charge in [-0.3, -0.25) is 0 Å². The maximum atomic E-state index is 10.6. The fourth-order valence-electron chi connectivity index (χ4n) is 4.59. The Bertz CT molecular complexity index is 622. The molecule has 3 heterocycles. The zero-order valence-electron chi connectivity index (χ0n) is 19.2. The third-order valence-electron chi connectivity index (χ3n) is 7.14. The maximum Gasteiger partial charge on any atom is 0.186 e. The van der Waals surface area contributed by atoms with E-state index in [1.807, 2.05) is 6.92 Å². The molecule has 0 saturated carbocycles. The Hall–Kier alpha value is -0.480. The van der Waals surface area contributed by atoms with Gasteiger partial charge in [0.2, 0.25) is 0 Å². The molecule has 12 heteroatoms. The summed E-state index contributed by atoms with van der Waals surface area (Å²) in [5.74, 6) is -1.01. The molecular formula is C21H38O12. The van der Waals surface area contributed by atoms with Gasteiger partial charge in [0.15, 0.2) is 12.6 Å². The summed E-state index contributed by atoms with van der Waals surface area (Å²) >= 11 is 0. The van der Waals surface area contributed by atoms with E-state index in [0.717, 1.165) is 0 Å². The minimum absolute atomic E-state index is 0.342. The van der Waals surface area contributed by atoms with Crippen molar-refractivity contribution in [3.8, 4) is 0 Å².